The molecule has 34 heavy (non-hydrogen) atoms. The van der Waals surface area contributed by atoms with Gasteiger partial charge in [-0.25, -0.2) is 4.98 Å². The zero-order valence-corrected chi connectivity index (χ0v) is 22.4. The first-order valence-electron chi connectivity index (χ1n) is 10.7. The van der Waals surface area contributed by atoms with Gasteiger partial charge in [-0.05, 0) is 44.0 Å². The van der Waals surface area contributed by atoms with Gasteiger partial charge in [-0.3, -0.25) is 9.78 Å². The van der Waals surface area contributed by atoms with E-state index in [9.17, 15) is 4.79 Å². The van der Waals surface area contributed by atoms with Crippen LogP contribution < -0.4 is 10.6 Å². The molecule has 0 saturated heterocycles. The summed E-state index contributed by atoms with van der Waals surface area (Å²) in [6.45, 7) is 1.84. The molecule has 4 heterocycles. The third kappa shape index (κ3) is 10.1. The fourth-order valence-corrected chi connectivity index (χ4v) is 4.77. The number of hydrogen-bond acceptors (Lipinski definition) is 10. The number of nitrogens with zero attached hydrogens (tertiary/aromatic N) is 6. The van der Waals surface area contributed by atoms with Crippen molar-refractivity contribution in [1.82, 2.24) is 30.4 Å². The quantitative estimate of drug-likeness (QED) is 0.210. The third-order valence-electron chi connectivity index (χ3n) is 4.38. The van der Waals surface area contributed by atoms with Gasteiger partial charge in [0.15, 0.2) is 0 Å². The van der Waals surface area contributed by atoms with Crippen LogP contribution in [0.4, 0.5) is 16.1 Å². The van der Waals surface area contributed by atoms with Gasteiger partial charge in [-0.15, -0.1) is 20.4 Å². The molecule has 0 aromatic carbocycles. The molecule has 2 N–H and O–H groups in total. The van der Waals surface area contributed by atoms with Crippen molar-refractivity contribution in [2.45, 2.75) is 43.0 Å². The fourth-order valence-electron chi connectivity index (χ4n) is 2.83. The highest BCUT2D eigenvalue weighted by molar-refractivity contribution is 14.1. The lowest BCUT2D eigenvalue weighted by molar-refractivity contribution is -0.115. The van der Waals surface area contributed by atoms with Crippen molar-refractivity contribution in [3.8, 4) is 0 Å². The van der Waals surface area contributed by atoms with Crippen LogP contribution in [-0.2, 0) is 11.2 Å². The van der Waals surface area contributed by atoms with Crippen molar-refractivity contribution < 1.29 is 7.65 Å². The zero-order valence-electron chi connectivity index (χ0n) is 18.6. The Kier molecular flexibility index (Phi) is 11.2. The normalized spacial score (nSPS) is 12.6. The van der Waals surface area contributed by atoms with E-state index in [4.69, 9.17) is 0 Å². The van der Waals surface area contributed by atoms with Crippen molar-refractivity contribution in [2.24, 2.45) is 0 Å². The molecule has 4 aromatic rings. The first-order valence-corrected chi connectivity index (χ1v) is 13.6. The van der Waals surface area contributed by atoms with Gasteiger partial charge in [0.2, 0.25) is 16.2 Å². The zero-order chi connectivity index (χ0) is 24.0. The Morgan fingerprint density at radius 3 is 2.35 bits per heavy atom. The van der Waals surface area contributed by atoms with Crippen molar-refractivity contribution in [2.75, 3.05) is 10.6 Å². The minimum atomic E-state index is -0.130. The molecule has 12 heteroatoms. The summed E-state index contributed by atoms with van der Waals surface area (Å²) in [5, 5.41) is 23.0. The van der Waals surface area contributed by atoms with Gasteiger partial charge >= 0.3 is 0 Å². The average molecular weight is 613 g/mol. The Balaban J connectivity index is 0.000000286. The summed E-state index contributed by atoms with van der Waals surface area (Å²) >= 11 is 5.33. The van der Waals surface area contributed by atoms with E-state index in [0.717, 1.165) is 25.6 Å². The van der Waals surface area contributed by atoms with E-state index in [1.54, 1.807) is 17.9 Å². The lowest BCUT2D eigenvalue weighted by Crippen LogP contribution is -2.14. The number of carbonyl (C=O) groups excluding carboxylic acids is 1. The number of carbonyl (C=O) groups is 1. The molecule has 1 aliphatic carbocycles. The second-order valence-electron chi connectivity index (χ2n) is 7.14. The van der Waals surface area contributed by atoms with Crippen LogP contribution in [0.2, 0.25) is 0 Å². The molecular formula is C22H29IN8OS2. The highest BCUT2D eigenvalue weighted by Crippen LogP contribution is 2.24. The van der Waals surface area contributed by atoms with Crippen LogP contribution in [0.3, 0.4) is 0 Å². The van der Waals surface area contributed by atoms with Crippen LogP contribution in [0.25, 0.3) is 0 Å². The first-order chi connectivity index (χ1) is 16.6. The van der Waals surface area contributed by atoms with Gasteiger partial charge in [0.25, 0.3) is 0 Å². The summed E-state index contributed by atoms with van der Waals surface area (Å²) in [6, 6.07) is 11.1. The van der Waals surface area contributed by atoms with E-state index >= 15 is 0 Å². The lowest BCUT2D eigenvalue weighted by atomic mass is 10.2. The van der Waals surface area contributed by atoms with E-state index in [1.807, 2.05) is 43.3 Å². The standard InChI is InChI=1S/C10H10N4OS.C7H6N4S.C5H9I.2H2/c1-7-13-14-10(16-7)12-9(15)6-8-4-2-3-5-11-8;1-2-4-8-6(3-1)10-7-11-9-5-12-7;6-5-3-1-2-4-5;;/h2-5H,6H2,1H3,(H,12,14,15);1-5H,(H,8,10,11);5H,1-4H2;2*1H. The summed E-state index contributed by atoms with van der Waals surface area (Å²) in [5.41, 5.74) is 2.41. The summed E-state index contributed by atoms with van der Waals surface area (Å²) < 4.78 is 1.02. The molecule has 0 radical (unpaired) electrons. The second kappa shape index (κ2) is 14.6. The van der Waals surface area contributed by atoms with Crippen molar-refractivity contribution in [3.05, 3.63) is 65.0 Å². The Labute approximate surface area is 223 Å². The number of pyridine rings is 2. The van der Waals surface area contributed by atoms with Gasteiger partial charge in [-0.1, -0.05) is 70.2 Å². The number of rotatable bonds is 5. The summed E-state index contributed by atoms with van der Waals surface area (Å²) in [7, 11) is 0. The molecule has 1 aliphatic rings. The molecule has 1 amide bonds. The Bertz CT molecular complexity index is 1100. The maximum atomic E-state index is 11.6. The number of alkyl halides is 1. The van der Waals surface area contributed by atoms with E-state index < -0.39 is 0 Å². The molecule has 0 unspecified atom stereocenters. The fraction of sp³-hybridized carbons (Fsp3) is 0.318. The van der Waals surface area contributed by atoms with Crippen LogP contribution in [-0.4, -0.2) is 40.2 Å². The van der Waals surface area contributed by atoms with E-state index in [-0.39, 0.29) is 15.2 Å². The van der Waals surface area contributed by atoms with E-state index in [1.165, 1.54) is 48.4 Å². The molecule has 5 rings (SSSR count). The molecular weight excluding hydrogens is 583 g/mol. The van der Waals surface area contributed by atoms with E-state index in [0.29, 0.717) is 5.13 Å². The van der Waals surface area contributed by atoms with Crippen molar-refractivity contribution in [3.63, 3.8) is 0 Å². The lowest BCUT2D eigenvalue weighted by Gasteiger charge is -1.99. The van der Waals surface area contributed by atoms with Gasteiger partial charge < -0.3 is 10.6 Å². The SMILES string of the molecule is Cc1nnc(NC(=O)Cc2ccccn2)s1.IC1CCCC1.[HH].[HH].c1ccc(Nc2nncs2)nc1. The number of aromatic nitrogens is 6. The first kappa shape index (κ1) is 26.0. The number of nitrogens with one attached hydrogen (secondary N) is 2. The van der Waals surface area contributed by atoms with Crippen molar-refractivity contribution in [1.29, 1.82) is 0 Å². The largest absolute Gasteiger partial charge is 0.315 e. The Hall–Kier alpha value is -2.58. The van der Waals surface area contributed by atoms with E-state index in [2.05, 4.69) is 63.6 Å². The number of hydrogen-bond donors (Lipinski definition) is 2. The molecule has 0 spiro atoms. The number of aryl methyl sites for hydroxylation is 1. The summed E-state index contributed by atoms with van der Waals surface area (Å²) in [5.74, 6) is 0.657. The topological polar surface area (TPSA) is 118 Å². The minimum absolute atomic E-state index is 0. The highest BCUT2D eigenvalue weighted by atomic mass is 127. The Morgan fingerprint density at radius 2 is 1.82 bits per heavy atom. The average Bonchev–Trinajstić information content (AvgIpc) is 3.61. The molecule has 0 bridgehead atoms. The van der Waals surface area contributed by atoms with Crippen molar-refractivity contribution >= 4 is 67.3 Å². The van der Waals surface area contributed by atoms with Gasteiger partial charge in [0.05, 0.1) is 6.42 Å². The molecule has 9 nitrogen and oxygen atoms in total. The smallest absolute Gasteiger partial charge is 0.232 e. The third-order valence-corrected chi connectivity index (χ3v) is 6.99. The molecule has 1 fully saturated rings. The van der Waals surface area contributed by atoms with Gasteiger partial charge in [0, 0.05) is 24.9 Å². The summed E-state index contributed by atoms with van der Waals surface area (Å²) in [4.78, 5) is 19.7. The second-order valence-corrected chi connectivity index (χ2v) is 10.9. The molecule has 0 aliphatic heterocycles. The number of anilines is 3. The number of halogens is 1. The summed E-state index contributed by atoms with van der Waals surface area (Å²) in [6.07, 6.45) is 9.54. The van der Waals surface area contributed by atoms with Crippen LogP contribution in [0, 0.1) is 6.92 Å². The predicted molar refractivity (Wildman–Crippen MR) is 149 cm³/mol. The maximum absolute atomic E-state index is 11.6. The van der Waals surface area contributed by atoms with Crippen LogP contribution in [0.15, 0.2) is 54.3 Å². The molecule has 182 valence electrons. The maximum Gasteiger partial charge on any atom is 0.232 e. The predicted octanol–water partition coefficient (Wildman–Crippen LogP) is 5.96. The van der Waals surface area contributed by atoms with Crippen LogP contribution in [0.5, 0.6) is 0 Å². The molecule has 1 saturated carbocycles. The minimum Gasteiger partial charge on any atom is -0.315 e. The number of amides is 1. The van der Waals surface area contributed by atoms with Gasteiger partial charge in [-0.2, -0.15) is 0 Å². The molecule has 0 atom stereocenters. The molecule has 4 aromatic heterocycles. The monoisotopic (exact) mass is 612 g/mol. The van der Waals surface area contributed by atoms with Crippen LogP contribution >= 0.6 is 45.3 Å². The Morgan fingerprint density at radius 1 is 1.06 bits per heavy atom. The highest BCUT2D eigenvalue weighted by Gasteiger charge is 2.09. The van der Waals surface area contributed by atoms with Crippen LogP contribution in [0.1, 0.15) is 39.2 Å². The van der Waals surface area contributed by atoms with Gasteiger partial charge in [0.1, 0.15) is 16.3 Å².